The third-order valence-electron chi connectivity index (χ3n) is 2.85. The number of amides is 1. The van der Waals surface area contributed by atoms with Crippen LogP contribution >= 0.6 is 0 Å². The van der Waals surface area contributed by atoms with Crippen LogP contribution < -0.4 is 15.4 Å². The van der Waals surface area contributed by atoms with E-state index in [1.165, 1.54) is 0 Å². The maximum atomic E-state index is 11.2. The molecule has 1 amide bonds. The van der Waals surface area contributed by atoms with Crippen molar-refractivity contribution in [3.8, 4) is 5.75 Å². The number of benzene rings is 1. The van der Waals surface area contributed by atoms with Crippen molar-refractivity contribution in [2.75, 3.05) is 13.7 Å². The van der Waals surface area contributed by atoms with Crippen molar-refractivity contribution in [2.45, 2.75) is 39.8 Å². The normalized spacial score (nSPS) is 10.6. The first-order valence-corrected chi connectivity index (χ1v) is 6.69. The second kappa shape index (κ2) is 7.79. The van der Waals surface area contributed by atoms with Crippen LogP contribution in [0.2, 0.25) is 0 Å². The van der Waals surface area contributed by atoms with Crippen molar-refractivity contribution < 1.29 is 9.53 Å². The number of ether oxygens (including phenoxy) is 1. The van der Waals surface area contributed by atoms with E-state index in [2.05, 4.69) is 30.5 Å². The van der Waals surface area contributed by atoms with E-state index in [9.17, 15) is 4.79 Å². The fraction of sp³-hybridized carbons (Fsp3) is 0.533. The van der Waals surface area contributed by atoms with Crippen LogP contribution in [-0.2, 0) is 11.3 Å². The Balaban J connectivity index is 2.66. The molecule has 2 N–H and O–H groups in total. The van der Waals surface area contributed by atoms with E-state index in [4.69, 9.17) is 4.74 Å². The highest BCUT2D eigenvalue weighted by Gasteiger charge is 2.08. The van der Waals surface area contributed by atoms with Gasteiger partial charge in [0.1, 0.15) is 5.75 Å². The summed E-state index contributed by atoms with van der Waals surface area (Å²) in [6.45, 7) is 7.42. The topological polar surface area (TPSA) is 50.4 Å². The van der Waals surface area contributed by atoms with Gasteiger partial charge in [-0.3, -0.25) is 4.79 Å². The minimum absolute atomic E-state index is 0.00422. The molecule has 0 saturated carbocycles. The van der Waals surface area contributed by atoms with Gasteiger partial charge in [-0.25, -0.2) is 0 Å². The van der Waals surface area contributed by atoms with Crippen molar-refractivity contribution in [2.24, 2.45) is 0 Å². The summed E-state index contributed by atoms with van der Waals surface area (Å²) in [6.07, 6.45) is 0.377. The number of carbonyl (C=O) groups is 1. The first kappa shape index (κ1) is 15.5. The maximum absolute atomic E-state index is 11.2. The van der Waals surface area contributed by atoms with Gasteiger partial charge in [0.15, 0.2) is 0 Å². The van der Waals surface area contributed by atoms with Gasteiger partial charge in [-0.1, -0.05) is 32.0 Å². The average Bonchev–Trinajstić information content (AvgIpc) is 2.38. The Morgan fingerprint density at radius 2 is 2.11 bits per heavy atom. The summed E-state index contributed by atoms with van der Waals surface area (Å²) >= 11 is 0. The SMILES string of the molecule is CNC(=O)CCOc1c(C)cccc1CNC(C)C. The molecule has 106 valence electrons. The molecule has 0 bridgehead atoms. The Morgan fingerprint density at radius 3 is 2.74 bits per heavy atom. The molecule has 1 aromatic carbocycles. The van der Waals surface area contributed by atoms with Crippen LogP contribution in [0.1, 0.15) is 31.4 Å². The van der Waals surface area contributed by atoms with Gasteiger partial charge in [-0.05, 0) is 12.5 Å². The number of hydrogen-bond donors (Lipinski definition) is 2. The predicted molar refractivity (Wildman–Crippen MR) is 77.3 cm³/mol. The summed E-state index contributed by atoms with van der Waals surface area (Å²) in [7, 11) is 1.63. The summed E-state index contributed by atoms with van der Waals surface area (Å²) in [5.74, 6) is 0.884. The summed E-state index contributed by atoms with van der Waals surface area (Å²) < 4.78 is 5.77. The highest BCUT2D eigenvalue weighted by atomic mass is 16.5. The second-order valence-electron chi connectivity index (χ2n) is 4.87. The molecule has 4 heteroatoms. The van der Waals surface area contributed by atoms with Crippen LogP contribution in [0.5, 0.6) is 5.75 Å². The highest BCUT2D eigenvalue weighted by molar-refractivity contribution is 5.75. The first-order valence-electron chi connectivity index (χ1n) is 6.69. The molecular formula is C15H24N2O2. The minimum Gasteiger partial charge on any atom is -0.492 e. The van der Waals surface area contributed by atoms with Gasteiger partial charge in [0.25, 0.3) is 0 Å². The Hall–Kier alpha value is -1.55. The molecule has 1 aromatic rings. The standard InChI is InChI=1S/C15H24N2O2/c1-11(2)17-10-13-7-5-6-12(3)15(13)19-9-8-14(18)16-4/h5-7,11,17H,8-10H2,1-4H3,(H,16,18). The number of nitrogens with one attached hydrogen (secondary N) is 2. The van der Waals surface area contributed by atoms with E-state index in [0.29, 0.717) is 19.1 Å². The molecule has 19 heavy (non-hydrogen) atoms. The number of para-hydroxylation sites is 1. The van der Waals surface area contributed by atoms with Gasteiger partial charge in [-0.2, -0.15) is 0 Å². The zero-order valence-corrected chi connectivity index (χ0v) is 12.2. The molecule has 0 aliphatic carbocycles. The summed E-state index contributed by atoms with van der Waals surface area (Å²) in [6, 6.07) is 6.53. The van der Waals surface area contributed by atoms with Crippen LogP contribution in [0.4, 0.5) is 0 Å². The van der Waals surface area contributed by atoms with Crippen molar-refractivity contribution in [3.63, 3.8) is 0 Å². The molecule has 0 fully saturated rings. The number of carbonyl (C=O) groups excluding carboxylic acids is 1. The molecule has 0 aliphatic heterocycles. The Morgan fingerprint density at radius 1 is 1.37 bits per heavy atom. The summed E-state index contributed by atoms with van der Waals surface area (Å²) in [5.41, 5.74) is 2.23. The van der Waals surface area contributed by atoms with Crippen molar-refractivity contribution in [1.29, 1.82) is 0 Å². The molecule has 0 unspecified atom stereocenters. The fourth-order valence-corrected chi connectivity index (χ4v) is 1.74. The molecule has 0 saturated heterocycles. The van der Waals surface area contributed by atoms with Gasteiger partial charge < -0.3 is 15.4 Å². The smallest absolute Gasteiger partial charge is 0.223 e. The Bertz CT molecular complexity index is 417. The van der Waals surface area contributed by atoms with Crippen molar-refractivity contribution >= 4 is 5.91 Å². The molecule has 0 radical (unpaired) electrons. The molecule has 0 aromatic heterocycles. The molecular weight excluding hydrogens is 240 g/mol. The van der Waals surface area contributed by atoms with Gasteiger partial charge >= 0.3 is 0 Å². The molecule has 1 rings (SSSR count). The first-order chi connectivity index (χ1) is 9.04. The lowest BCUT2D eigenvalue weighted by Gasteiger charge is -2.15. The van der Waals surface area contributed by atoms with Gasteiger partial charge in [0, 0.05) is 25.2 Å². The third kappa shape index (κ3) is 5.30. The highest BCUT2D eigenvalue weighted by Crippen LogP contribution is 2.23. The van der Waals surface area contributed by atoms with Gasteiger partial charge in [0.05, 0.1) is 13.0 Å². The minimum atomic E-state index is -0.00422. The largest absolute Gasteiger partial charge is 0.492 e. The van der Waals surface area contributed by atoms with E-state index in [1.54, 1.807) is 7.05 Å². The van der Waals surface area contributed by atoms with Crippen LogP contribution in [0.15, 0.2) is 18.2 Å². The quantitative estimate of drug-likeness (QED) is 0.792. The average molecular weight is 264 g/mol. The van der Waals surface area contributed by atoms with Crippen LogP contribution in [-0.4, -0.2) is 25.6 Å². The van der Waals surface area contributed by atoms with Crippen molar-refractivity contribution in [1.82, 2.24) is 10.6 Å². The molecule has 0 atom stereocenters. The van der Waals surface area contributed by atoms with E-state index < -0.39 is 0 Å². The lowest BCUT2D eigenvalue weighted by Crippen LogP contribution is -2.23. The number of rotatable bonds is 7. The Kier molecular flexibility index (Phi) is 6.36. The van der Waals surface area contributed by atoms with Gasteiger partial charge in [-0.15, -0.1) is 0 Å². The monoisotopic (exact) mass is 264 g/mol. The second-order valence-corrected chi connectivity index (χ2v) is 4.87. The van der Waals surface area contributed by atoms with Crippen LogP contribution in [0.3, 0.4) is 0 Å². The Labute approximate surface area is 115 Å². The van der Waals surface area contributed by atoms with E-state index in [0.717, 1.165) is 23.4 Å². The van der Waals surface area contributed by atoms with Gasteiger partial charge in [0.2, 0.25) is 5.91 Å². The predicted octanol–water partition coefficient (Wildman–Crippen LogP) is 2.01. The molecule has 0 aliphatic rings. The van der Waals surface area contributed by atoms with E-state index in [1.807, 2.05) is 19.1 Å². The molecule has 4 nitrogen and oxygen atoms in total. The van der Waals surface area contributed by atoms with Crippen molar-refractivity contribution in [3.05, 3.63) is 29.3 Å². The zero-order chi connectivity index (χ0) is 14.3. The molecule has 0 heterocycles. The van der Waals surface area contributed by atoms with E-state index in [-0.39, 0.29) is 5.91 Å². The van der Waals surface area contributed by atoms with E-state index >= 15 is 0 Å². The lowest BCUT2D eigenvalue weighted by atomic mass is 10.1. The zero-order valence-electron chi connectivity index (χ0n) is 12.2. The molecule has 0 spiro atoms. The number of aryl methyl sites for hydroxylation is 1. The van der Waals surface area contributed by atoms with Crippen LogP contribution in [0, 0.1) is 6.92 Å². The number of hydrogen-bond acceptors (Lipinski definition) is 3. The fourth-order valence-electron chi connectivity index (χ4n) is 1.74. The summed E-state index contributed by atoms with van der Waals surface area (Å²) in [4.78, 5) is 11.2. The maximum Gasteiger partial charge on any atom is 0.223 e. The summed E-state index contributed by atoms with van der Waals surface area (Å²) in [5, 5.41) is 5.97. The lowest BCUT2D eigenvalue weighted by molar-refractivity contribution is -0.121. The van der Waals surface area contributed by atoms with Crippen LogP contribution in [0.25, 0.3) is 0 Å². The third-order valence-corrected chi connectivity index (χ3v) is 2.85.